The molecule has 0 spiro atoms. The van der Waals surface area contributed by atoms with Gasteiger partial charge in [0.2, 0.25) is 5.91 Å². The van der Waals surface area contributed by atoms with E-state index in [0.29, 0.717) is 12.0 Å². The third-order valence-electron chi connectivity index (χ3n) is 5.11. The van der Waals surface area contributed by atoms with E-state index in [2.05, 4.69) is 19.2 Å². The van der Waals surface area contributed by atoms with Gasteiger partial charge >= 0.3 is 0 Å². The van der Waals surface area contributed by atoms with Crippen LogP contribution in [-0.2, 0) is 4.79 Å². The Bertz CT molecular complexity index is 305. The lowest BCUT2D eigenvalue weighted by molar-refractivity contribution is -0.127. The van der Waals surface area contributed by atoms with Gasteiger partial charge in [0.25, 0.3) is 0 Å². The van der Waals surface area contributed by atoms with Crippen molar-refractivity contribution < 1.29 is 4.79 Å². The van der Waals surface area contributed by atoms with Gasteiger partial charge in [-0.2, -0.15) is 0 Å². The normalized spacial score (nSPS) is 40.5. The Morgan fingerprint density at radius 2 is 1.74 bits per heavy atom. The average molecular weight is 266 g/mol. The molecule has 0 saturated heterocycles. The van der Waals surface area contributed by atoms with Gasteiger partial charge in [-0.05, 0) is 50.4 Å². The average Bonchev–Trinajstić information content (AvgIpc) is 2.57. The van der Waals surface area contributed by atoms with Gasteiger partial charge in [0, 0.05) is 12.1 Å². The molecule has 0 aromatic carbocycles. The van der Waals surface area contributed by atoms with E-state index in [9.17, 15) is 4.79 Å². The Hall–Kier alpha value is -0.570. The Labute approximate surface area is 117 Å². The van der Waals surface area contributed by atoms with Gasteiger partial charge in [-0.1, -0.05) is 26.7 Å². The molecule has 3 heteroatoms. The summed E-state index contributed by atoms with van der Waals surface area (Å²) in [4.78, 5) is 12.4. The lowest BCUT2D eigenvalue weighted by Gasteiger charge is -2.32. The van der Waals surface area contributed by atoms with Crippen LogP contribution in [0.25, 0.3) is 0 Å². The molecule has 0 aromatic heterocycles. The molecule has 1 amide bonds. The molecular formula is C16H30N2O. The number of carbonyl (C=O) groups is 1. The first kappa shape index (κ1) is 14.8. The Morgan fingerprint density at radius 1 is 1.00 bits per heavy atom. The first-order chi connectivity index (χ1) is 9.06. The molecule has 2 fully saturated rings. The monoisotopic (exact) mass is 266 g/mol. The van der Waals surface area contributed by atoms with Crippen molar-refractivity contribution in [1.29, 1.82) is 0 Å². The minimum Gasteiger partial charge on any atom is -0.353 e. The number of nitrogens with two attached hydrogens (primary N) is 1. The van der Waals surface area contributed by atoms with Crippen molar-refractivity contribution in [2.45, 2.75) is 77.3 Å². The van der Waals surface area contributed by atoms with Crippen LogP contribution in [0.1, 0.15) is 65.2 Å². The van der Waals surface area contributed by atoms with E-state index in [1.165, 1.54) is 25.7 Å². The summed E-state index contributed by atoms with van der Waals surface area (Å²) in [6.45, 7) is 4.56. The molecule has 2 aliphatic rings. The molecule has 2 aliphatic carbocycles. The van der Waals surface area contributed by atoms with Gasteiger partial charge in [0.1, 0.15) is 0 Å². The molecular weight excluding hydrogens is 236 g/mol. The lowest BCUT2D eigenvalue weighted by atomic mass is 9.78. The Balaban J connectivity index is 1.85. The van der Waals surface area contributed by atoms with Gasteiger partial charge in [-0.15, -0.1) is 0 Å². The van der Waals surface area contributed by atoms with E-state index < -0.39 is 0 Å². The highest BCUT2D eigenvalue weighted by atomic mass is 16.2. The summed E-state index contributed by atoms with van der Waals surface area (Å²) in [5.41, 5.74) is 6.14. The highest BCUT2D eigenvalue weighted by Gasteiger charge is 2.32. The molecule has 0 bridgehead atoms. The maximum absolute atomic E-state index is 12.4. The van der Waals surface area contributed by atoms with E-state index in [4.69, 9.17) is 5.73 Å². The standard InChI is InChI=1S/C16H30N2O/c1-11-4-3-5-13(8-6-11)18-16(19)14-10-12(2)7-9-15(14)17/h11-15H,3-10,17H2,1-2H3,(H,18,19). The molecule has 5 unspecified atom stereocenters. The first-order valence-electron chi connectivity index (χ1n) is 8.12. The number of nitrogens with one attached hydrogen (secondary N) is 1. The molecule has 3 nitrogen and oxygen atoms in total. The zero-order chi connectivity index (χ0) is 13.8. The molecule has 3 N–H and O–H groups in total. The third-order valence-corrected chi connectivity index (χ3v) is 5.11. The summed E-state index contributed by atoms with van der Waals surface area (Å²) in [7, 11) is 0. The Kier molecular flexibility index (Phi) is 5.26. The van der Waals surface area contributed by atoms with Crippen LogP contribution in [0, 0.1) is 17.8 Å². The zero-order valence-electron chi connectivity index (χ0n) is 12.5. The van der Waals surface area contributed by atoms with Crippen LogP contribution in [0.4, 0.5) is 0 Å². The van der Waals surface area contributed by atoms with Crippen LogP contribution < -0.4 is 11.1 Å². The van der Waals surface area contributed by atoms with Crippen molar-refractivity contribution in [3.63, 3.8) is 0 Å². The maximum atomic E-state index is 12.4. The van der Waals surface area contributed by atoms with Gasteiger partial charge in [0.05, 0.1) is 5.92 Å². The van der Waals surface area contributed by atoms with Crippen molar-refractivity contribution >= 4 is 5.91 Å². The van der Waals surface area contributed by atoms with Gasteiger partial charge in [-0.3, -0.25) is 4.79 Å². The number of carbonyl (C=O) groups excluding carboxylic acids is 1. The molecule has 5 atom stereocenters. The van der Waals surface area contributed by atoms with E-state index in [-0.39, 0.29) is 17.9 Å². The van der Waals surface area contributed by atoms with Gasteiger partial charge in [0.15, 0.2) is 0 Å². The molecule has 110 valence electrons. The molecule has 0 heterocycles. The SMILES string of the molecule is CC1CCCC(NC(=O)C2CC(C)CCC2N)CC1. The van der Waals surface area contributed by atoms with E-state index in [1.54, 1.807) is 0 Å². The van der Waals surface area contributed by atoms with E-state index >= 15 is 0 Å². The number of amides is 1. The quantitative estimate of drug-likeness (QED) is 0.755. The topological polar surface area (TPSA) is 55.1 Å². The summed E-state index contributed by atoms with van der Waals surface area (Å²) in [5.74, 6) is 1.73. The zero-order valence-corrected chi connectivity index (χ0v) is 12.5. The van der Waals surface area contributed by atoms with Crippen LogP contribution in [0.5, 0.6) is 0 Å². The maximum Gasteiger partial charge on any atom is 0.224 e. The number of rotatable bonds is 2. The highest BCUT2D eigenvalue weighted by molar-refractivity contribution is 5.79. The second-order valence-electron chi connectivity index (χ2n) is 7.01. The minimum absolute atomic E-state index is 0.0458. The highest BCUT2D eigenvalue weighted by Crippen LogP contribution is 2.29. The third kappa shape index (κ3) is 4.20. The predicted octanol–water partition coefficient (Wildman–Crippen LogP) is 2.83. The smallest absolute Gasteiger partial charge is 0.224 e. The second-order valence-corrected chi connectivity index (χ2v) is 7.01. The summed E-state index contributed by atoms with van der Waals surface area (Å²) in [6, 6.07) is 0.461. The van der Waals surface area contributed by atoms with Crippen molar-refractivity contribution in [2.24, 2.45) is 23.5 Å². The fourth-order valence-corrected chi connectivity index (χ4v) is 3.65. The molecule has 2 rings (SSSR count). The largest absolute Gasteiger partial charge is 0.353 e. The van der Waals surface area contributed by atoms with Crippen molar-refractivity contribution in [3.05, 3.63) is 0 Å². The summed E-state index contributed by atoms with van der Waals surface area (Å²) >= 11 is 0. The summed E-state index contributed by atoms with van der Waals surface area (Å²) in [5, 5.41) is 3.28. The minimum atomic E-state index is 0.0458. The number of hydrogen-bond donors (Lipinski definition) is 2. The lowest BCUT2D eigenvalue weighted by Crippen LogP contribution is -2.47. The second kappa shape index (κ2) is 6.74. The van der Waals surface area contributed by atoms with E-state index in [0.717, 1.165) is 31.6 Å². The van der Waals surface area contributed by atoms with Crippen LogP contribution in [0.15, 0.2) is 0 Å². The fraction of sp³-hybridized carbons (Fsp3) is 0.938. The predicted molar refractivity (Wildman–Crippen MR) is 78.7 cm³/mol. The fourth-order valence-electron chi connectivity index (χ4n) is 3.65. The summed E-state index contributed by atoms with van der Waals surface area (Å²) in [6.07, 6.45) is 9.24. The van der Waals surface area contributed by atoms with Gasteiger partial charge in [-0.25, -0.2) is 0 Å². The van der Waals surface area contributed by atoms with Crippen molar-refractivity contribution in [1.82, 2.24) is 5.32 Å². The van der Waals surface area contributed by atoms with Crippen molar-refractivity contribution in [3.8, 4) is 0 Å². The van der Waals surface area contributed by atoms with E-state index in [1.807, 2.05) is 0 Å². The molecule has 19 heavy (non-hydrogen) atoms. The molecule has 0 radical (unpaired) electrons. The molecule has 2 saturated carbocycles. The van der Waals surface area contributed by atoms with Crippen LogP contribution >= 0.6 is 0 Å². The van der Waals surface area contributed by atoms with Crippen LogP contribution in [0.3, 0.4) is 0 Å². The Morgan fingerprint density at radius 3 is 2.53 bits per heavy atom. The number of hydrogen-bond acceptors (Lipinski definition) is 2. The summed E-state index contributed by atoms with van der Waals surface area (Å²) < 4.78 is 0. The van der Waals surface area contributed by atoms with Gasteiger partial charge < -0.3 is 11.1 Å². The van der Waals surface area contributed by atoms with Crippen LogP contribution in [0.2, 0.25) is 0 Å². The molecule has 0 aliphatic heterocycles. The molecule has 0 aromatic rings. The van der Waals surface area contributed by atoms with Crippen LogP contribution in [-0.4, -0.2) is 18.0 Å². The first-order valence-corrected chi connectivity index (χ1v) is 8.12. The van der Waals surface area contributed by atoms with Crippen molar-refractivity contribution in [2.75, 3.05) is 0 Å².